The number of carbonyl (C=O) groups excluding carboxylic acids is 1. The maximum Gasteiger partial charge on any atom is 0.416 e. The minimum atomic E-state index is -4.63. The van der Waals surface area contributed by atoms with Gasteiger partial charge in [-0.25, -0.2) is 0 Å². The lowest BCUT2D eigenvalue weighted by Crippen LogP contribution is -2.30. The van der Waals surface area contributed by atoms with Crippen LogP contribution in [0.4, 0.5) is 13.2 Å². The van der Waals surface area contributed by atoms with E-state index < -0.39 is 29.5 Å². The Hall–Kier alpha value is -2.63. The highest BCUT2D eigenvalue weighted by Gasteiger charge is 2.35. The molecule has 0 radical (unpaired) electrons. The molecule has 2 fully saturated rings. The topological polar surface area (TPSA) is 76.2 Å². The Balaban J connectivity index is 1.71. The zero-order chi connectivity index (χ0) is 27.9. The van der Waals surface area contributed by atoms with Crippen molar-refractivity contribution in [2.45, 2.75) is 83.6 Å². The number of rotatable bonds is 6. The molecule has 1 aromatic heterocycles. The molecule has 11 heteroatoms. The lowest BCUT2D eigenvalue weighted by Gasteiger charge is -2.21. The zero-order valence-corrected chi connectivity index (χ0v) is 22.7. The van der Waals surface area contributed by atoms with Gasteiger partial charge in [-0.05, 0) is 44.9 Å². The number of carbonyl (C=O) groups is 1. The second-order valence-electron chi connectivity index (χ2n) is 11.3. The van der Waals surface area contributed by atoms with E-state index in [9.17, 15) is 18.0 Å². The molecule has 0 unspecified atom stereocenters. The van der Waals surface area contributed by atoms with Gasteiger partial charge in [-0.2, -0.15) is 18.2 Å². The number of nitrogens with zero attached hydrogens (tertiary/aromatic N) is 3. The maximum atomic E-state index is 13.5. The second-order valence-corrected chi connectivity index (χ2v) is 11.3. The lowest BCUT2D eigenvalue weighted by molar-refractivity contribution is -0.141. The molecule has 0 aliphatic carbocycles. The van der Waals surface area contributed by atoms with Crippen LogP contribution in [-0.2, 0) is 39.4 Å². The number of halogens is 3. The second kappa shape index (κ2) is 10.5. The summed E-state index contributed by atoms with van der Waals surface area (Å²) in [6.45, 7) is 11.1. The van der Waals surface area contributed by atoms with E-state index in [2.05, 4.69) is 4.99 Å². The van der Waals surface area contributed by atoms with Crippen molar-refractivity contribution in [1.82, 2.24) is 9.36 Å². The predicted octanol–water partition coefficient (Wildman–Crippen LogP) is 4.59. The van der Waals surface area contributed by atoms with E-state index in [-0.39, 0.29) is 36.0 Å². The molecule has 38 heavy (non-hydrogen) atoms. The van der Waals surface area contributed by atoms with Crippen LogP contribution in [0.25, 0.3) is 0 Å². The lowest BCUT2D eigenvalue weighted by atomic mass is 9.92. The van der Waals surface area contributed by atoms with E-state index in [1.54, 1.807) is 19.9 Å². The molecule has 210 valence electrons. The van der Waals surface area contributed by atoms with Crippen molar-refractivity contribution in [3.8, 4) is 5.75 Å². The summed E-state index contributed by atoms with van der Waals surface area (Å²) in [5.41, 5.74) is -0.228. The van der Waals surface area contributed by atoms with Crippen molar-refractivity contribution in [3.63, 3.8) is 0 Å². The van der Waals surface area contributed by atoms with Gasteiger partial charge < -0.3 is 18.9 Å². The Morgan fingerprint density at radius 2 is 1.92 bits per heavy atom. The Bertz CT molecular complexity index is 1230. The van der Waals surface area contributed by atoms with Crippen LogP contribution in [-0.4, -0.2) is 53.1 Å². The highest BCUT2D eigenvalue weighted by Crippen LogP contribution is 2.33. The van der Waals surface area contributed by atoms with Crippen LogP contribution in [0.5, 0.6) is 5.75 Å². The molecule has 2 aliphatic heterocycles. The van der Waals surface area contributed by atoms with E-state index in [1.165, 1.54) is 0 Å². The number of alkyl halides is 3. The van der Waals surface area contributed by atoms with Gasteiger partial charge in [0.25, 0.3) is 5.91 Å². The Kier molecular flexibility index (Phi) is 7.84. The van der Waals surface area contributed by atoms with E-state index in [4.69, 9.17) is 18.9 Å². The Labute approximate surface area is 220 Å². The van der Waals surface area contributed by atoms with Crippen molar-refractivity contribution in [1.29, 1.82) is 0 Å². The highest BCUT2D eigenvalue weighted by molar-refractivity contribution is 5.97. The molecule has 0 saturated carbocycles. The number of hydrogen-bond acceptors (Lipinski definition) is 5. The molecule has 0 spiro atoms. The normalized spacial score (nSPS) is 22.3. The molecule has 3 heterocycles. The standard InChI is InChI=1S/C27H36F3N3O5/c1-25(2,3)22-13-23(33(32(22)6)14-18-8-7-11-35-18)31-24(34)20-12-17(27(28,29)30)9-10-21(20)36-15-19-16-37-26(4,5)38-19/h9-10,12-13,18-19H,7-8,11,14-16H2,1-6H3/t18-,19-/m1/s1. The minimum Gasteiger partial charge on any atom is -0.490 e. The van der Waals surface area contributed by atoms with Gasteiger partial charge in [-0.15, -0.1) is 0 Å². The molecule has 2 atom stereocenters. The first-order valence-electron chi connectivity index (χ1n) is 12.8. The van der Waals surface area contributed by atoms with E-state index in [1.807, 2.05) is 37.2 Å². The molecule has 0 bridgehead atoms. The first-order valence-corrected chi connectivity index (χ1v) is 12.8. The van der Waals surface area contributed by atoms with Crippen LogP contribution in [0, 0.1) is 0 Å². The molecule has 1 amide bonds. The van der Waals surface area contributed by atoms with Crippen LogP contribution < -0.4 is 10.2 Å². The Morgan fingerprint density at radius 1 is 1.18 bits per heavy atom. The fraction of sp³-hybridized carbons (Fsp3) is 0.630. The maximum absolute atomic E-state index is 13.5. The number of benzene rings is 1. The van der Waals surface area contributed by atoms with Crippen molar-refractivity contribution in [2.24, 2.45) is 12.0 Å². The summed E-state index contributed by atoms with van der Waals surface area (Å²) in [4.78, 5) is 17.7. The third kappa shape index (κ3) is 6.50. The summed E-state index contributed by atoms with van der Waals surface area (Å²) in [7, 11) is 1.88. The van der Waals surface area contributed by atoms with E-state index in [0.29, 0.717) is 18.6 Å². The van der Waals surface area contributed by atoms with Crippen LogP contribution in [0.1, 0.15) is 69.1 Å². The van der Waals surface area contributed by atoms with Crippen LogP contribution in [0.2, 0.25) is 0 Å². The molecule has 2 saturated heterocycles. The van der Waals surface area contributed by atoms with E-state index >= 15 is 0 Å². The fourth-order valence-electron chi connectivity index (χ4n) is 4.75. The molecular formula is C27H36F3N3O5. The van der Waals surface area contributed by atoms with Crippen molar-refractivity contribution in [2.75, 3.05) is 19.8 Å². The fourth-order valence-corrected chi connectivity index (χ4v) is 4.75. The van der Waals surface area contributed by atoms with Crippen molar-refractivity contribution in [3.05, 3.63) is 46.6 Å². The third-order valence-corrected chi connectivity index (χ3v) is 6.66. The van der Waals surface area contributed by atoms with Gasteiger partial charge in [0.1, 0.15) is 18.5 Å². The molecule has 2 aromatic rings. The summed E-state index contributed by atoms with van der Waals surface area (Å²) in [5, 5.41) is 0. The summed E-state index contributed by atoms with van der Waals surface area (Å²) in [5.74, 6) is -1.61. The SMILES string of the molecule is Cn1c(C(C)(C)C)cc(=NC(=O)c2cc(C(F)(F)F)ccc2OC[C@@H]2COC(C)(C)O2)n1C[C@H]1CCCO1. The average Bonchev–Trinajstić information content (AvgIpc) is 3.52. The number of ether oxygens (including phenoxy) is 4. The average molecular weight is 540 g/mol. The zero-order valence-electron chi connectivity index (χ0n) is 22.7. The van der Waals surface area contributed by atoms with Crippen molar-refractivity contribution < 1.29 is 36.9 Å². The highest BCUT2D eigenvalue weighted by atomic mass is 19.4. The molecule has 1 aromatic carbocycles. The summed E-state index contributed by atoms with van der Waals surface area (Å²) in [6.07, 6.45) is -3.26. The molecule has 2 aliphatic rings. The minimum absolute atomic E-state index is 0.00212. The van der Waals surface area contributed by atoms with E-state index in [0.717, 1.165) is 36.7 Å². The van der Waals surface area contributed by atoms with Crippen LogP contribution in [0.15, 0.2) is 29.3 Å². The monoisotopic (exact) mass is 539 g/mol. The molecular weight excluding hydrogens is 503 g/mol. The summed E-state index contributed by atoms with van der Waals surface area (Å²) >= 11 is 0. The van der Waals surface area contributed by atoms with Gasteiger partial charge in [-0.1, -0.05) is 20.8 Å². The van der Waals surface area contributed by atoms with Gasteiger partial charge in [0.15, 0.2) is 11.3 Å². The first kappa shape index (κ1) is 28.4. The summed E-state index contributed by atoms with van der Waals surface area (Å²) in [6, 6.07) is 4.63. The molecule has 0 N–H and O–H groups in total. The van der Waals surface area contributed by atoms with Gasteiger partial charge >= 0.3 is 6.18 Å². The van der Waals surface area contributed by atoms with Crippen LogP contribution in [0.3, 0.4) is 0 Å². The van der Waals surface area contributed by atoms with Gasteiger partial charge in [-0.3, -0.25) is 14.2 Å². The smallest absolute Gasteiger partial charge is 0.416 e. The summed E-state index contributed by atoms with van der Waals surface area (Å²) < 4.78 is 67.2. The third-order valence-electron chi connectivity index (χ3n) is 6.66. The van der Waals surface area contributed by atoms with Gasteiger partial charge in [0, 0.05) is 30.8 Å². The number of amides is 1. The quantitative estimate of drug-likeness (QED) is 0.537. The molecule has 4 rings (SSSR count). The largest absolute Gasteiger partial charge is 0.490 e. The van der Waals surface area contributed by atoms with Gasteiger partial charge in [0.05, 0.1) is 30.4 Å². The van der Waals surface area contributed by atoms with Crippen molar-refractivity contribution >= 4 is 5.91 Å². The number of hydrogen-bond donors (Lipinski definition) is 0. The number of aromatic nitrogens is 2. The Morgan fingerprint density at radius 3 is 2.50 bits per heavy atom. The predicted molar refractivity (Wildman–Crippen MR) is 133 cm³/mol. The van der Waals surface area contributed by atoms with Crippen LogP contribution >= 0.6 is 0 Å². The molecule has 8 nitrogen and oxygen atoms in total. The van der Waals surface area contributed by atoms with Gasteiger partial charge in [0.2, 0.25) is 0 Å². The first-order chi connectivity index (χ1) is 17.6.